The minimum absolute atomic E-state index is 0.201. The van der Waals surface area contributed by atoms with Gasteiger partial charge in [0.2, 0.25) is 5.91 Å². The van der Waals surface area contributed by atoms with Gasteiger partial charge in [-0.3, -0.25) is 4.79 Å². The number of benzene rings is 2. The molecular weight excluding hydrogens is 333 g/mol. The minimum atomic E-state index is -0.437. The second-order valence-corrected chi connectivity index (χ2v) is 5.94. The fourth-order valence-corrected chi connectivity index (χ4v) is 2.46. The number of unbranched alkanes of at least 4 members (excludes halogenated alkanes) is 1. The molecule has 140 valence electrons. The van der Waals surface area contributed by atoms with Crippen molar-refractivity contribution in [2.75, 3.05) is 18.5 Å². The summed E-state index contributed by atoms with van der Waals surface area (Å²) in [6.07, 6.45) is 2.86. The zero-order chi connectivity index (χ0) is 18.8. The van der Waals surface area contributed by atoms with Gasteiger partial charge >= 0.3 is 0 Å². The smallest absolute Gasteiger partial charge is 0.224 e. The zero-order valence-corrected chi connectivity index (χ0v) is 15.4. The van der Waals surface area contributed by atoms with Gasteiger partial charge in [0.05, 0.1) is 18.9 Å². The van der Waals surface area contributed by atoms with Crippen LogP contribution < -0.4 is 14.8 Å². The van der Waals surface area contributed by atoms with Crippen molar-refractivity contribution in [3.8, 4) is 11.5 Å². The maximum atomic E-state index is 13.6. The first-order chi connectivity index (χ1) is 12.6. The van der Waals surface area contributed by atoms with E-state index in [-0.39, 0.29) is 18.0 Å². The van der Waals surface area contributed by atoms with Crippen molar-refractivity contribution in [2.45, 2.75) is 39.5 Å². The number of halogens is 1. The summed E-state index contributed by atoms with van der Waals surface area (Å²) in [5.74, 6) is 0.750. The standard InChI is InChI=1S/C21H26FNO3/c1-3-5-14-26-19-12-10-16(15-20(19)25-4-2)11-13-21(24)23-18-9-7-6-8-17(18)22/h6-10,12,15H,3-5,11,13-14H2,1-2H3,(H,23,24). The molecule has 1 N–H and O–H groups in total. The van der Waals surface area contributed by atoms with E-state index in [1.807, 2.05) is 25.1 Å². The molecule has 0 heterocycles. The van der Waals surface area contributed by atoms with E-state index >= 15 is 0 Å². The van der Waals surface area contributed by atoms with E-state index in [1.54, 1.807) is 18.2 Å². The van der Waals surface area contributed by atoms with Gasteiger partial charge in [0.25, 0.3) is 0 Å². The molecule has 26 heavy (non-hydrogen) atoms. The lowest BCUT2D eigenvalue weighted by Gasteiger charge is -2.13. The van der Waals surface area contributed by atoms with E-state index in [0.29, 0.717) is 25.4 Å². The van der Waals surface area contributed by atoms with E-state index in [9.17, 15) is 9.18 Å². The molecule has 2 aromatic rings. The Morgan fingerprint density at radius 1 is 1.08 bits per heavy atom. The van der Waals surface area contributed by atoms with Gasteiger partial charge in [-0.05, 0) is 49.6 Å². The number of carbonyl (C=O) groups is 1. The maximum Gasteiger partial charge on any atom is 0.224 e. The monoisotopic (exact) mass is 359 g/mol. The molecule has 0 aliphatic rings. The highest BCUT2D eigenvalue weighted by Gasteiger charge is 2.10. The van der Waals surface area contributed by atoms with Crippen LogP contribution in [0.3, 0.4) is 0 Å². The summed E-state index contributed by atoms with van der Waals surface area (Å²) in [7, 11) is 0. The largest absolute Gasteiger partial charge is 0.490 e. The van der Waals surface area contributed by atoms with Gasteiger partial charge in [0.15, 0.2) is 11.5 Å². The van der Waals surface area contributed by atoms with Gasteiger partial charge in [-0.2, -0.15) is 0 Å². The van der Waals surface area contributed by atoms with Crippen LogP contribution >= 0.6 is 0 Å². The van der Waals surface area contributed by atoms with Crippen molar-refractivity contribution >= 4 is 11.6 Å². The third-order valence-corrected chi connectivity index (χ3v) is 3.85. The van der Waals surface area contributed by atoms with Crippen LogP contribution in [0.2, 0.25) is 0 Å². The van der Waals surface area contributed by atoms with E-state index in [1.165, 1.54) is 6.07 Å². The number of aryl methyl sites for hydroxylation is 1. The maximum absolute atomic E-state index is 13.6. The van der Waals surface area contributed by atoms with Crippen LogP contribution in [0.1, 0.15) is 38.7 Å². The molecule has 0 aliphatic carbocycles. The number of rotatable bonds is 10. The lowest BCUT2D eigenvalue weighted by atomic mass is 10.1. The summed E-state index contributed by atoms with van der Waals surface area (Å²) < 4.78 is 25.0. The molecule has 0 unspecified atom stereocenters. The molecule has 0 saturated heterocycles. The molecular formula is C21H26FNO3. The molecule has 0 fully saturated rings. The topological polar surface area (TPSA) is 47.6 Å². The number of para-hydroxylation sites is 1. The molecule has 1 amide bonds. The summed E-state index contributed by atoms with van der Waals surface area (Å²) in [5.41, 5.74) is 1.17. The van der Waals surface area contributed by atoms with Gasteiger partial charge in [-0.1, -0.05) is 31.5 Å². The SMILES string of the molecule is CCCCOc1ccc(CCC(=O)Nc2ccccc2F)cc1OCC. The summed E-state index contributed by atoms with van der Waals surface area (Å²) in [5, 5.41) is 2.60. The number of amides is 1. The Hall–Kier alpha value is -2.56. The number of carbonyl (C=O) groups excluding carboxylic acids is 1. The third kappa shape index (κ3) is 6.06. The molecule has 4 nitrogen and oxygen atoms in total. The summed E-state index contributed by atoms with van der Waals surface area (Å²) in [4.78, 5) is 12.1. The molecule has 0 radical (unpaired) electrons. The van der Waals surface area contributed by atoms with Gasteiger partial charge in [0, 0.05) is 6.42 Å². The number of nitrogens with one attached hydrogen (secondary N) is 1. The van der Waals surface area contributed by atoms with Gasteiger partial charge in [0.1, 0.15) is 5.82 Å². The Labute approximate surface area is 154 Å². The average molecular weight is 359 g/mol. The zero-order valence-electron chi connectivity index (χ0n) is 15.4. The van der Waals surface area contributed by atoms with Crippen LogP contribution in [0.15, 0.2) is 42.5 Å². The molecule has 2 aromatic carbocycles. The van der Waals surface area contributed by atoms with Crippen molar-refractivity contribution in [1.29, 1.82) is 0 Å². The highest BCUT2D eigenvalue weighted by atomic mass is 19.1. The van der Waals surface area contributed by atoms with E-state index < -0.39 is 5.82 Å². The molecule has 5 heteroatoms. The number of hydrogen-bond acceptors (Lipinski definition) is 3. The average Bonchev–Trinajstić information content (AvgIpc) is 2.64. The summed E-state index contributed by atoms with van der Waals surface area (Å²) in [6.45, 7) is 5.23. The fraction of sp³-hybridized carbons (Fsp3) is 0.381. The number of ether oxygens (including phenoxy) is 2. The van der Waals surface area contributed by atoms with Crippen LogP contribution in [-0.2, 0) is 11.2 Å². The van der Waals surface area contributed by atoms with Crippen LogP contribution in [0.4, 0.5) is 10.1 Å². The summed E-state index contributed by atoms with van der Waals surface area (Å²) >= 11 is 0. The lowest BCUT2D eigenvalue weighted by Crippen LogP contribution is -2.13. The molecule has 2 rings (SSSR count). The van der Waals surface area contributed by atoms with E-state index in [0.717, 1.165) is 24.2 Å². The predicted octanol–water partition coefficient (Wildman–Crippen LogP) is 4.97. The highest BCUT2D eigenvalue weighted by molar-refractivity contribution is 5.90. The van der Waals surface area contributed by atoms with E-state index in [2.05, 4.69) is 12.2 Å². The Bertz CT molecular complexity index is 718. The molecule has 0 atom stereocenters. The second-order valence-electron chi connectivity index (χ2n) is 5.94. The lowest BCUT2D eigenvalue weighted by molar-refractivity contribution is -0.116. The van der Waals surface area contributed by atoms with Crippen molar-refractivity contribution in [3.05, 3.63) is 53.8 Å². The number of hydrogen-bond donors (Lipinski definition) is 1. The van der Waals surface area contributed by atoms with Crippen LogP contribution in [-0.4, -0.2) is 19.1 Å². The second kappa shape index (κ2) is 10.4. The minimum Gasteiger partial charge on any atom is -0.490 e. The molecule has 0 aliphatic heterocycles. The Morgan fingerprint density at radius 2 is 1.88 bits per heavy atom. The summed E-state index contributed by atoms with van der Waals surface area (Å²) in [6, 6.07) is 11.9. The van der Waals surface area contributed by atoms with Crippen molar-refractivity contribution in [2.24, 2.45) is 0 Å². The van der Waals surface area contributed by atoms with Crippen LogP contribution in [0, 0.1) is 5.82 Å². The van der Waals surface area contributed by atoms with Gasteiger partial charge in [-0.25, -0.2) is 4.39 Å². The van der Waals surface area contributed by atoms with Crippen LogP contribution in [0.5, 0.6) is 11.5 Å². The third-order valence-electron chi connectivity index (χ3n) is 3.85. The molecule has 0 bridgehead atoms. The Morgan fingerprint density at radius 3 is 2.62 bits per heavy atom. The normalized spacial score (nSPS) is 10.4. The van der Waals surface area contributed by atoms with Crippen molar-refractivity contribution in [1.82, 2.24) is 0 Å². The van der Waals surface area contributed by atoms with Gasteiger partial charge < -0.3 is 14.8 Å². The Balaban J connectivity index is 1.94. The molecule has 0 aromatic heterocycles. The first-order valence-corrected chi connectivity index (χ1v) is 9.07. The molecule has 0 spiro atoms. The first-order valence-electron chi connectivity index (χ1n) is 9.07. The number of anilines is 1. The van der Waals surface area contributed by atoms with Gasteiger partial charge in [-0.15, -0.1) is 0 Å². The molecule has 0 saturated carbocycles. The fourth-order valence-electron chi connectivity index (χ4n) is 2.46. The first kappa shape index (κ1) is 19.8. The highest BCUT2D eigenvalue weighted by Crippen LogP contribution is 2.29. The van der Waals surface area contributed by atoms with Crippen molar-refractivity contribution in [3.63, 3.8) is 0 Å². The predicted molar refractivity (Wildman–Crippen MR) is 101 cm³/mol. The van der Waals surface area contributed by atoms with Crippen LogP contribution in [0.25, 0.3) is 0 Å². The van der Waals surface area contributed by atoms with Crippen molar-refractivity contribution < 1.29 is 18.7 Å². The Kier molecular flexibility index (Phi) is 7.93. The quantitative estimate of drug-likeness (QED) is 0.609. The van der Waals surface area contributed by atoms with E-state index in [4.69, 9.17) is 9.47 Å².